The fraction of sp³-hybridized carbons (Fsp3) is 0.683. The summed E-state index contributed by atoms with van der Waals surface area (Å²) in [6.07, 6.45) is 11.8. The third kappa shape index (κ3) is 8.79. The summed E-state index contributed by atoms with van der Waals surface area (Å²) in [6.45, 7) is 8.48. The third-order valence-electron chi connectivity index (χ3n) is 22.9. The number of aromatic amines is 1. The molecule has 2 bridgehead atoms. The molecule has 1 aromatic carbocycles. The van der Waals surface area contributed by atoms with E-state index in [1.54, 1.807) is 31.2 Å². The van der Waals surface area contributed by atoms with Gasteiger partial charge in [0.15, 0.2) is 17.5 Å². The number of allylic oxidation sites excluding steroid dienone is 3. The van der Waals surface area contributed by atoms with Crippen LogP contribution in [0.25, 0.3) is 0 Å². The van der Waals surface area contributed by atoms with Gasteiger partial charge in [0.1, 0.15) is 5.75 Å². The van der Waals surface area contributed by atoms with Gasteiger partial charge in [-0.15, -0.1) is 5.92 Å². The standard InChI is InChI=1S/C63H85N5O10/c1-35-8-12-38-13-17-45-36(2)28-62(76)22-21-60(45,47(38)26-35)29-39(44-34-78-56(74)51(44)41-19-24-66-32-41)6-5-7-40-30-63(77)52-46(18-20-61(63,23-25-67-57(64)65)55(40)59(62,4)75)58(3)31-50(72)49(71)27-48(58)54(73)53(52)68-33-43(70)16-11-37-9-14-42(69)15-10-37/h9-10,13-15,19,24,32,35-36,39-40,44-51,55,66,68-69,71-72,75-77H,7-8,11-12,16-18,20-23,25-31,33-34H2,1-4H3,(H4,64,65,67)/t35-,36+,39+,40+,44+,45-,46-,47+,48-,49+,50-,51+,55+,58+,59+,60-,61-,62+,63+/m0/s1. The third-order valence-corrected chi connectivity index (χ3v) is 22.9. The lowest BCUT2D eigenvalue weighted by Crippen LogP contribution is -2.67. The van der Waals surface area contributed by atoms with Crippen LogP contribution in [0.2, 0.25) is 0 Å². The zero-order valence-corrected chi connectivity index (χ0v) is 46.2. The molecular formula is C63H85N5O10. The number of nitrogens with two attached hydrogens (primary N) is 2. The van der Waals surface area contributed by atoms with Crippen LogP contribution in [-0.4, -0.2) is 108 Å². The van der Waals surface area contributed by atoms with Gasteiger partial charge in [0.05, 0.1) is 53.8 Å². The number of guanidine groups is 1. The summed E-state index contributed by atoms with van der Waals surface area (Å²) in [6, 6.07) is 8.64. The van der Waals surface area contributed by atoms with E-state index in [4.69, 9.17) is 16.2 Å². The summed E-state index contributed by atoms with van der Waals surface area (Å²) in [5, 5.41) is 78.8. The van der Waals surface area contributed by atoms with Crippen molar-refractivity contribution < 1.29 is 49.8 Å². The molecule has 8 aliphatic carbocycles. The number of carbonyl (C=O) groups excluding carboxylic acids is 3. The SMILES string of the molecule is C[C@H]1CCC2=CC[C@H]3[C@H](C)C[C@]4(O)CC[C@@]3(C[C@H]([C@H]3COC(=O)[C@@H]3c3cc[nH]c3)C#CC[C@@H]3C[C@@]5(O)C6=C(NCC(=O)CCc7ccc(O)cc7)C(=O)[C@@H]7C[C@@H](O)[C@@H](O)C[C@]7(C)[C@H]6CC[C@]5(CCN=C(N)N)[C@H]3[C@@]4(C)O)[C@@H]2C1. The minimum atomic E-state index is -1.86. The lowest BCUT2D eigenvalue weighted by molar-refractivity contribution is -0.227. The van der Waals surface area contributed by atoms with E-state index < -0.39 is 69.4 Å². The van der Waals surface area contributed by atoms with Crippen LogP contribution >= 0.6 is 0 Å². The molecule has 19 atom stereocenters. The molecule has 422 valence electrons. The molecule has 1 aromatic heterocycles. The van der Waals surface area contributed by atoms with Crippen molar-refractivity contribution in [2.24, 2.45) is 91.9 Å². The molecule has 1 spiro atoms. The minimum Gasteiger partial charge on any atom is -0.508 e. The Balaban J connectivity index is 1.08. The van der Waals surface area contributed by atoms with Crippen LogP contribution in [-0.2, 0) is 25.5 Å². The number of phenolic OH excluding ortho intramolecular Hbond substituents is 1. The largest absolute Gasteiger partial charge is 0.508 e. The smallest absolute Gasteiger partial charge is 0.313 e. The van der Waals surface area contributed by atoms with Gasteiger partial charge < -0.3 is 57.1 Å². The first-order valence-corrected chi connectivity index (χ1v) is 29.4. The maximum Gasteiger partial charge on any atom is 0.313 e. The van der Waals surface area contributed by atoms with Crippen molar-refractivity contribution in [3.8, 4) is 17.6 Å². The normalized spacial score (nSPS) is 43.8. The molecule has 78 heavy (non-hydrogen) atoms. The number of ketones is 2. The van der Waals surface area contributed by atoms with Crippen molar-refractivity contribution in [3.05, 3.63) is 76.8 Å². The highest BCUT2D eigenvalue weighted by Crippen LogP contribution is 2.74. The number of H-pyrrole nitrogens is 1. The molecule has 2 heterocycles. The van der Waals surface area contributed by atoms with Gasteiger partial charge in [-0.25, -0.2) is 0 Å². The maximum absolute atomic E-state index is 15.6. The van der Waals surface area contributed by atoms with E-state index in [9.17, 15) is 40.2 Å². The summed E-state index contributed by atoms with van der Waals surface area (Å²) < 4.78 is 6.00. The Kier molecular flexibility index (Phi) is 14.2. The zero-order valence-electron chi connectivity index (χ0n) is 46.2. The van der Waals surface area contributed by atoms with E-state index >= 15 is 4.79 Å². The molecule has 5 saturated carbocycles. The van der Waals surface area contributed by atoms with Crippen LogP contribution in [0.5, 0.6) is 5.75 Å². The van der Waals surface area contributed by atoms with Crippen LogP contribution in [0.3, 0.4) is 0 Å². The molecule has 6 fully saturated rings. The first-order valence-electron chi connectivity index (χ1n) is 29.4. The molecule has 15 heteroatoms. The second-order valence-electron chi connectivity index (χ2n) is 26.8. The number of cyclic esters (lactones) is 1. The number of rotatable bonds is 11. The van der Waals surface area contributed by atoms with Crippen LogP contribution in [0.4, 0.5) is 0 Å². The minimum absolute atomic E-state index is 0.0120. The van der Waals surface area contributed by atoms with Crippen LogP contribution in [0, 0.1) is 87.3 Å². The summed E-state index contributed by atoms with van der Waals surface area (Å²) in [4.78, 5) is 51.1. The Morgan fingerprint density at radius 2 is 1.72 bits per heavy atom. The molecule has 11 rings (SSSR count). The van der Waals surface area contributed by atoms with Crippen molar-refractivity contribution in [1.29, 1.82) is 0 Å². The second kappa shape index (κ2) is 20.2. The van der Waals surface area contributed by atoms with Crippen molar-refractivity contribution in [3.63, 3.8) is 0 Å². The van der Waals surface area contributed by atoms with E-state index in [-0.39, 0.29) is 128 Å². The zero-order chi connectivity index (χ0) is 55.3. The average Bonchev–Trinajstić information content (AvgIpc) is 2.52. The number of aliphatic hydroxyl groups is 5. The maximum atomic E-state index is 15.6. The van der Waals surface area contributed by atoms with Crippen LogP contribution in [0.15, 0.2) is 70.6 Å². The topological polar surface area (TPSA) is 274 Å². The molecule has 0 radical (unpaired) electrons. The molecule has 2 aromatic rings. The van der Waals surface area contributed by atoms with Crippen molar-refractivity contribution in [2.75, 3.05) is 19.7 Å². The average molecular weight is 1070 g/mol. The summed E-state index contributed by atoms with van der Waals surface area (Å²) in [7, 11) is 0. The predicted molar refractivity (Wildman–Crippen MR) is 294 cm³/mol. The molecule has 15 nitrogen and oxygen atoms in total. The molecule has 9 aliphatic rings. The van der Waals surface area contributed by atoms with Crippen molar-refractivity contribution in [1.82, 2.24) is 10.3 Å². The van der Waals surface area contributed by atoms with Gasteiger partial charge in [0, 0.05) is 60.9 Å². The Bertz CT molecular complexity index is 2810. The number of benzene rings is 1. The van der Waals surface area contributed by atoms with Crippen LogP contribution in [0.1, 0.15) is 147 Å². The Labute approximate surface area is 459 Å². The highest BCUT2D eigenvalue weighted by molar-refractivity contribution is 6.00. The number of aromatic nitrogens is 1. The number of aliphatic imine (C=N–C) groups is 1. The number of aliphatic hydroxyl groups excluding tert-OH is 2. The number of aromatic hydroxyl groups is 1. The first-order chi connectivity index (χ1) is 37.1. The Morgan fingerprint density at radius 1 is 0.936 bits per heavy atom. The second-order valence-corrected chi connectivity index (χ2v) is 26.8. The fourth-order valence-electron chi connectivity index (χ4n) is 19.2. The lowest BCUT2D eigenvalue weighted by Gasteiger charge is -2.63. The number of nitrogens with one attached hydrogen (secondary N) is 2. The van der Waals surface area contributed by atoms with Crippen molar-refractivity contribution >= 4 is 23.5 Å². The number of carbonyl (C=O) groups is 3. The van der Waals surface area contributed by atoms with Gasteiger partial charge in [-0.2, -0.15) is 0 Å². The van der Waals surface area contributed by atoms with Crippen LogP contribution < -0.4 is 16.8 Å². The number of Topliss-reactive ketones (excluding diaryl/α,β-unsaturated/α-hetero) is 2. The number of hydrogen-bond acceptors (Lipinski definition) is 12. The highest BCUT2D eigenvalue weighted by atomic mass is 16.5. The van der Waals surface area contributed by atoms with E-state index in [1.807, 2.05) is 25.4 Å². The lowest BCUT2D eigenvalue weighted by atomic mass is 9.43. The summed E-state index contributed by atoms with van der Waals surface area (Å²) in [5.41, 5.74) is 8.11. The number of hydrogen-bond donors (Lipinski definition) is 10. The fourth-order valence-corrected chi connectivity index (χ4v) is 19.2. The molecule has 0 unspecified atom stereocenters. The number of fused-ring (bicyclic) bond motifs is 10. The molecule has 0 amide bonds. The van der Waals surface area contributed by atoms with Gasteiger partial charge in [0.25, 0.3) is 0 Å². The van der Waals surface area contributed by atoms with Gasteiger partial charge in [-0.1, -0.05) is 50.5 Å². The summed E-state index contributed by atoms with van der Waals surface area (Å²) >= 11 is 0. The van der Waals surface area contributed by atoms with Gasteiger partial charge in [-0.3, -0.25) is 19.4 Å². The monoisotopic (exact) mass is 1070 g/mol. The predicted octanol–water partition coefficient (Wildman–Crippen LogP) is 6.25. The molecule has 12 N–H and O–H groups in total. The Hall–Kier alpha value is -4.98. The van der Waals surface area contributed by atoms with E-state index in [0.29, 0.717) is 56.4 Å². The Morgan fingerprint density at radius 3 is 2.46 bits per heavy atom. The molecule has 1 saturated heterocycles. The number of aryl methyl sites for hydroxylation is 1. The van der Waals surface area contributed by atoms with E-state index in [1.165, 1.54) is 5.57 Å². The first kappa shape index (κ1) is 55.0. The van der Waals surface area contributed by atoms with Gasteiger partial charge >= 0.3 is 5.97 Å². The number of phenols is 1. The number of nitrogens with zero attached hydrogens (tertiary/aromatic N) is 1. The van der Waals surface area contributed by atoms with E-state index in [2.05, 4.69) is 47.1 Å². The van der Waals surface area contributed by atoms with Gasteiger partial charge in [-0.05, 0) is 184 Å². The van der Waals surface area contributed by atoms with Gasteiger partial charge in [0.2, 0.25) is 0 Å². The molecule has 1 aliphatic heterocycles. The number of esters is 1. The van der Waals surface area contributed by atoms with E-state index in [0.717, 1.165) is 36.8 Å². The summed E-state index contributed by atoms with van der Waals surface area (Å²) in [5.74, 6) is 4.00. The molecular weight excluding hydrogens is 987 g/mol. The quantitative estimate of drug-likeness (QED) is 0.0392. The highest BCUT2D eigenvalue weighted by Gasteiger charge is 2.76. The number of ether oxygens (including phenoxy) is 1. The van der Waals surface area contributed by atoms with Crippen molar-refractivity contribution in [2.45, 2.75) is 172 Å².